The SMILES string of the molecule is CCCCN(c1cc(OC)cc(OC)c1)c1ccc2ncc(-c3cnn(CCS(C)(=O)=O)c3)nc2c1.CCCn1cc(-c2cnc3ccc(N(CC4CC4)c4ccccc4)cc3n2)cn1.COc1cc(OC)cc(N(CCN2CCC(OC)CC2)c2ccc3ncc(-c4cnn(C)c4)nc3c2)c1.COc1cc(OC)cc(N(CCn2cccn2)c2ccc3ncc(-c4cnn(C)c4)nc3c2)c1. The summed E-state index contributed by atoms with van der Waals surface area (Å²) < 4.78 is 70.7. The van der Waals surface area contributed by atoms with Crippen LogP contribution in [0.15, 0.2) is 251 Å². The Bertz CT molecular complexity index is 6920. The average Bonchev–Trinajstić information content (AvgIpc) is 1.55. The van der Waals surface area contributed by atoms with Crippen molar-refractivity contribution in [1.29, 1.82) is 0 Å². The van der Waals surface area contributed by atoms with Gasteiger partial charge in [-0.2, -0.15) is 25.5 Å². The first-order valence-electron chi connectivity index (χ1n) is 45.6. The van der Waals surface area contributed by atoms with E-state index in [-0.39, 0.29) is 5.75 Å². The molecular weight excluding hydrogens is 1740 g/mol. The second-order valence-electron chi connectivity index (χ2n) is 33.6. The van der Waals surface area contributed by atoms with Crippen LogP contribution in [0.5, 0.6) is 34.5 Å². The molecule has 0 atom stereocenters. The minimum Gasteiger partial charge on any atom is -0.497 e. The van der Waals surface area contributed by atoms with Gasteiger partial charge in [0.2, 0.25) is 0 Å². The lowest BCUT2D eigenvalue weighted by Crippen LogP contribution is -2.40. The van der Waals surface area contributed by atoms with Gasteiger partial charge in [0.25, 0.3) is 0 Å². The molecule has 2 fully saturated rings. The van der Waals surface area contributed by atoms with Crippen LogP contribution < -0.4 is 48.0 Å². The summed E-state index contributed by atoms with van der Waals surface area (Å²) in [6.07, 6.45) is 35.2. The molecular formula is C103H115N23O9S. The van der Waals surface area contributed by atoms with Crippen LogP contribution in [0.2, 0.25) is 0 Å². The maximum atomic E-state index is 11.5. The number of sulfone groups is 1. The lowest BCUT2D eigenvalue weighted by molar-refractivity contribution is 0.0421. The monoisotopic (exact) mass is 1850 g/mol. The molecule has 19 rings (SSSR count). The topological polar surface area (TPSA) is 307 Å². The van der Waals surface area contributed by atoms with Crippen molar-refractivity contribution in [2.24, 2.45) is 20.0 Å². The molecule has 1 aliphatic heterocycles. The Morgan fingerprint density at radius 2 is 0.750 bits per heavy atom. The number of ether oxygens (including phenoxy) is 7. The fraction of sp³-hybridized carbons (Fsp3) is 0.311. The summed E-state index contributed by atoms with van der Waals surface area (Å²) in [6, 6.07) is 55.0. The highest BCUT2D eigenvalue weighted by molar-refractivity contribution is 7.90. The number of aromatic nitrogens is 18. The van der Waals surface area contributed by atoms with Gasteiger partial charge in [-0.3, -0.25) is 43.3 Å². The standard InChI is InChI=1S/C28H34N6O3.C26H31N5O4S.C25H25N7O2.C24H25N5/c1-32-19-20(17-30-32)28-18-29-26-6-5-21(15-27(26)31-28)34(12-11-33-9-7-23(35-2)8-10-33)22-13-24(36-3)16-25(14-22)37-4;1-5-6-9-31(21-12-22(34-2)15-23(13-21)35-3)20-7-8-24-25(14-20)29-26(17-27-24)19-16-28-30(18-19)10-11-36(4,32)33;1-30-17-18(15-28-30)25-16-26-23-6-5-19(13-24(23)29-25)32(10-9-31-8-4-7-27-31)20-11-21(33-2)14-22(12-20)34-3;1-2-12-28-17-19(14-26-28)24-15-25-22-11-10-21(13-23(22)27-24)29(16-18-8-9-18)20-6-4-3-5-7-20/h5-6,13-19,23H,7-12H2,1-4H3;7-8,12-18H,5-6,9-11H2,1-4H3;4-8,11-17H,9-10H2,1-3H3;3-7,10-11,13-15,17-18H,2,8-9,12,16H2,1H3. The zero-order valence-corrected chi connectivity index (χ0v) is 79.7. The maximum absolute atomic E-state index is 11.5. The van der Waals surface area contributed by atoms with E-state index in [9.17, 15) is 8.42 Å². The fourth-order valence-corrected chi connectivity index (χ4v) is 16.7. The molecule has 0 amide bonds. The molecule has 8 aromatic carbocycles. The molecule has 702 valence electrons. The Balaban J connectivity index is 0.000000132. The first-order chi connectivity index (χ1) is 66.3. The first kappa shape index (κ1) is 94.2. The zero-order valence-electron chi connectivity index (χ0n) is 78.9. The Kier molecular flexibility index (Phi) is 30.7. The van der Waals surface area contributed by atoms with Crippen LogP contribution in [0.4, 0.5) is 45.5 Å². The summed E-state index contributed by atoms with van der Waals surface area (Å²) in [7, 11) is 12.5. The number of aryl methyl sites for hydroxylation is 4. The van der Waals surface area contributed by atoms with Crippen molar-refractivity contribution in [3.05, 3.63) is 251 Å². The fourth-order valence-electron chi connectivity index (χ4n) is 16.2. The molecule has 1 saturated heterocycles. The van der Waals surface area contributed by atoms with Gasteiger partial charge >= 0.3 is 0 Å². The molecule has 0 N–H and O–H groups in total. The summed E-state index contributed by atoms with van der Waals surface area (Å²) in [6.45, 7) is 12.6. The third-order valence-corrected chi connectivity index (χ3v) is 24.8. The molecule has 2 aliphatic rings. The van der Waals surface area contributed by atoms with E-state index in [0.717, 1.165) is 236 Å². The number of hydrogen-bond acceptors (Lipinski definition) is 27. The summed E-state index contributed by atoms with van der Waals surface area (Å²) in [5.41, 5.74) is 21.8. The molecule has 10 heterocycles. The summed E-state index contributed by atoms with van der Waals surface area (Å²) >= 11 is 0. The number of fused-ring (bicyclic) bond motifs is 4. The van der Waals surface area contributed by atoms with Gasteiger partial charge in [0.15, 0.2) is 0 Å². The van der Waals surface area contributed by atoms with Gasteiger partial charge in [-0.25, -0.2) is 28.4 Å². The quantitative estimate of drug-likeness (QED) is 0.0356. The second kappa shape index (κ2) is 44.3. The lowest BCUT2D eigenvalue weighted by Gasteiger charge is -2.34. The van der Waals surface area contributed by atoms with Crippen molar-refractivity contribution in [2.45, 2.75) is 84.5 Å². The second-order valence-corrected chi connectivity index (χ2v) is 35.8. The van der Waals surface area contributed by atoms with Crippen LogP contribution in [-0.2, 0) is 48.3 Å². The number of nitrogens with zero attached hydrogens (tertiary/aromatic N) is 23. The number of methoxy groups -OCH3 is 7. The van der Waals surface area contributed by atoms with Gasteiger partial charge < -0.3 is 57.7 Å². The van der Waals surface area contributed by atoms with E-state index in [1.165, 1.54) is 30.5 Å². The Morgan fingerprint density at radius 1 is 0.360 bits per heavy atom. The van der Waals surface area contributed by atoms with E-state index in [1.54, 1.807) is 113 Å². The summed E-state index contributed by atoms with van der Waals surface area (Å²) in [5.74, 6) is 5.20. The Labute approximate surface area is 792 Å². The molecule has 17 aromatic rings. The minimum atomic E-state index is -3.07. The van der Waals surface area contributed by atoms with E-state index in [4.69, 9.17) is 53.1 Å². The molecule has 33 heteroatoms. The van der Waals surface area contributed by atoms with E-state index in [2.05, 4.69) is 157 Å². The minimum absolute atomic E-state index is 0.0313. The number of likely N-dealkylation sites (tertiary alicyclic amines) is 1. The van der Waals surface area contributed by atoms with Gasteiger partial charge in [0, 0.05) is 239 Å². The number of piperidine rings is 1. The molecule has 0 unspecified atom stereocenters. The van der Waals surface area contributed by atoms with E-state index >= 15 is 0 Å². The van der Waals surface area contributed by atoms with Crippen LogP contribution in [0.3, 0.4) is 0 Å². The molecule has 0 spiro atoms. The third-order valence-electron chi connectivity index (χ3n) is 23.9. The lowest BCUT2D eigenvalue weighted by atomic mass is 10.1. The average molecular weight is 1850 g/mol. The van der Waals surface area contributed by atoms with Gasteiger partial charge in [-0.05, 0) is 135 Å². The number of anilines is 8. The highest BCUT2D eigenvalue weighted by Gasteiger charge is 2.28. The third kappa shape index (κ3) is 24.2. The summed E-state index contributed by atoms with van der Waals surface area (Å²) in [5, 5.41) is 21.6. The zero-order chi connectivity index (χ0) is 94.6. The van der Waals surface area contributed by atoms with Crippen LogP contribution in [0, 0.1) is 5.92 Å². The van der Waals surface area contributed by atoms with Crippen molar-refractivity contribution in [2.75, 3.05) is 127 Å². The van der Waals surface area contributed by atoms with Crippen LogP contribution in [0.25, 0.3) is 89.2 Å². The number of para-hydroxylation sites is 1. The molecule has 0 bridgehead atoms. The van der Waals surface area contributed by atoms with Crippen LogP contribution >= 0.6 is 0 Å². The largest absolute Gasteiger partial charge is 0.497 e. The molecule has 136 heavy (non-hydrogen) atoms. The molecule has 1 aliphatic carbocycles. The maximum Gasteiger partial charge on any atom is 0.149 e. The molecule has 9 aromatic heterocycles. The number of benzene rings is 8. The van der Waals surface area contributed by atoms with Gasteiger partial charge in [-0.15, -0.1) is 0 Å². The normalized spacial score (nSPS) is 12.7. The number of unbranched alkanes of at least 4 members (excludes halogenated alkanes) is 1. The van der Waals surface area contributed by atoms with Gasteiger partial charge in [0.1, 0.15) is 44.3 Å². The van der Waals surface area contributed by atoms with Crippen LogP contribution in [-0.4, -0.2) is 216 Å². The number of rotatable bonds is 35. The Morgan fingerprint density at radius 3 is 1.11 bits per heavy atom. The highest BCUT2D eigenvalue weighted by atomic mass is 32.2. The molecule has 1 saturated carbocycles. The van der Waals surface area contributed by atoms with Crippen molar-refractivity contribution >= 4 is 99.5 Å². The van der Waals surface area contributed by atoms with Crippen molar-refractivity contribution in [3.8, 4) is 79.5 Å². The molecule has 32 nitrogen and oxygen atoms in total. The van der Waals surface area contributed by atoms with Crippen molar-refractivity contribution in [3.63, 3.8) is 0 Å². The van der Waals surface area contributed by atoms with Crippen molar-refractivity contribution in [1.82, 2.24) is 93.7 Å². The van der Waals surface area contributed by atoms with Gasteiger partial charge in [0.05, 0.1) is 184 Å². The predicted molar refractivity (Wildman–Crippen MR) is 534 cm³/mol. The Hall–Kier alpha value is -15.0. The van der Waals surface area contributed by atoms with Crippen LogP contribution in [0.1, 0.15) is 58.8 Å². The van der Waals surface area contributed by atoms with Gasteiger partial charge in [-0.1, -0.05) is 38.5 Å². The molecule has 0 radical (unpaired) electrons. The highest BCUT2D eigenvalue weighted by Crippen LogP contribution is 2.41. The van der Waals surface area contributed by atoms with E-state index in [0.29, 0.717) is 31.4 Å². The number of hydrogen-bond donors (Lipinski definition) is 0. The summed E-state index contributed by atoms with van der Waals surface area (Å²) in [4.78, 5) is 49.7. The first-order valence-corrected chi connectivity index (χ1v) is 47.7. The predicted octanol–water partition coefficient (Wildman–Crippen LogP) is 18.3. The van der Waals surface area contributed by atoms with Crippen molar-refractivity contribution < 1.29 is 41.6 Å². The van der Waals surface area contributed by atoms with E-state index < -0.39 is 9.84 Å². The smallest absolute Gasteiger partial charge is 0.149 e. The van der Waals surface area contributed by atoms with E-state index in [1.807, 2.05) is 152 Å².